The van der Waals surface area contributed by atoms with Gasteiger partial charge in [-0.3, -0.25) is 14.7 Å². The van der Waals surface area contributed by atoms with Crippen molar-refractivity contribution in [1.82, 2.24) is 10.2 Å². The average molecular weight is 344 g/mol. The van der Waals surface area contributed by atoms with Gasteiger partial charge in [-0.1, -0.05) is 6.07 Å². The van der Waals surface area contributed by atoms with Crippen LogP contribution in [0.2, 0.25) is 0 Å². The van der Waals surface area contributed by atoms with Gasteiger partial charge in [0.2, 0.25) is 5.91 Å². The Morgan fingerprint density at radius 3 is 2.88 bits per heavy atom. The van der Waals surface area contributed by atoms with Crippen LogP contribution in [0.15, 0.2) is 18.2 Å². The quantitative estimate of drug-likeness (QED) is 0.733. The van der Waals surface area contributed by atoms with Crippen molar-refractivity contribution in [2.24, 2.45) is 5.73 Å². The highest BCUT2D eigenvalue weighted by Gasteiger charge is 2.31. The number of benzene rings is 1. The Hall–Kier alpha value is -3.03. The average Bonchev–Trinajstić information content (AvgIpc) is 2.94. The van der Waals surface area contributed by atoms with E-state index in [4.69, 9.17) is 15.2 Å². The molecule has 1 aromatic heterocycles. The molecule has 2 heterocycles. The number of carbonyl (C=O) groups excluding carboxylic acids is 2. The summed E-state index contributed by atoms with van der Waals surface area (Å²) in [6.07, 6.45) is 0.320. The minimum absolute atomic E-state index is 0.0870. The van der Waals surface area contributed by atoms with Crippen LogP contribution in [-0.4, -0.2) is 35.2 Å². The third kappa shape index (κ3) is 3.42. The van der Waals surface area contributed by atoms with E-state index in [0.717, 1.165) is 16.8 Å². The second kappa shape index (κ2) is 6.84. The number of aryl methyl sites for hydroxylation is 1. The number of hydrogen-bond donors (Lipinski definition) is 3. The van der Waals surface area contributed by atoms with Gasteiger partial charge in [-0.25, -0.2) is 0 Å². The van der Waals surface area contributed by atoms with Crippen molar-refractivity contribution in [1.29, 1.82) is 0 Å². The third-order valence-corrected chi connectivity index (χ3v) is 4.03. The predicted molar refractivity (Wildman–Crippen MR) is 90.7 cm³/mol. The summed E-state index contributed by atoms with van der Waals surface area (Å²) in [6.45, 7) is 3.99. The van der Waals surface area contributed by atoms with Gasteiger partial charge in [0, 0.05) is 23.6 Å². The fraction of sp³-hybridized carbons (Fsp3) is 0.353. The highest BCUT2D eigenvalue weighted by Crippen LogP contribution is 2.40. The summed E-state index contributed by atoms with van der Waals surface area (Å²) in [5.41, 5.74) is 7.91. The number of primary amides is 1. The van der Waals surface area contributed by atoms with Gasteiger partial charge >= 0.3 is 0 Å². The second-order valence-electron chi connectivity index (χ2n) is 5.81. The maximum atomic E-state index is 12.0. The van der Waals surface area contributed by atoms with Crippen LogP contribution in [0.25, 0.3) is 0 Å². The number of aromatic amines is 1. The van der Waals surface area contributed by atoms with Gasteiger partial charge in [-0.15, -0.1) is 0 Å². The second-order valence-corrected chi connectivity index (χ2v) is 5.81. The number of fused-ring (bicyclic) bond motifs is 1. The number of anilines is 1. The van der Waals surface area contributed by atoms with Crippen molar-refractivity contribution in [2.45, 2.75) is 26.2 Å². The molecular weight excluding hydrogens is 324 g/mol. The van der Waals surface area contributed by atoms with Gasteiger partial charge in [0.25, 0.3) is 5.91 Å². The van der Waals surface area contributed by atoms with Crippen LogP contribution in [0.5, 0.6) is 11.5 Å². The van der Waals surface area contributed by atoms with Crippen LogP contribution in [0, 0.1) is 6.92 Å². The van der Waals surface area contributed by atoms with Crippen LogP contribution >= 0.6 is 0 Å². The van der Waals surface area contributed by atoms with E-state index >= 15 is 0 Å². The molecule has 0 spiro atoms. The number of nitrogens with two attached hydrogens (primary N) is 1. The van der Waals surface area contributed by atoms with Crippen LogP contribution in [-0.2, 0) is 9.59 Å². The molecule has 3 rings (SSSR count). The lowest BCUT2D eigenvalue weighted by atomic mass is 9.85. The van der Waals surface area contributed by atoms with E-state index in [1.54, 1.807) is 6.07 Å². The molecule has 2 aromatic rings. The van der Waals surface area contributed by atoms with Crippen molar-refractivity contribution in [3.63, 3.8) is 0 Å². The first-order chi connectivity index (χ1) is 12.0. The SMILES string of the molecule is CCOc1cc([C@@H]2CC(=O)Nc3n[nH]c(C)c32)ccc1OCC(N)=O. The van der Waals surface area contributed by atoms with Crippen molar-refractivity contribution in [3.8, 4) is 11.5 Å². The molecule has 0 aliphatic carbocycles. The lowest BCUT2D eigenvalue weighted by Crippen LogP contribution is -2.23. The molecule has 8 heteroatoms. The smallest absolute Gasteiger partial charge is 0.255 e. The Kier molecular flexibility index (Phi) is 4.60. The number of ether oxygens (including phenoxy) is 2. The zero-order chi connectivity index (χ0) is 18.0. The van der Waals surface area contributed by atoms with E-state index in [9.17, 15) is 9.59 Å². The number of carbonyl (C=O) groups is 2. The summed E-state index contributed by atoms with van der Waals surface area (Å²) in [5.74, 6) is 0.728. The molecular formula is C17H20N4O4. The first-order valence-electron chi connectivity index (χ1n) is 8.02. The Bertz CT molecular complexity index is 815. The maximum absolute atomic E-state index is 12.0. The molecule has 4 N–H and O–H groups in total. The molecule has 0 unspecified atom stereocenters. The molecule has 0 saturated carbocycles. The number of rotatable bonds is 6. The molecule has 0 saturated heterocycles. The number of hydrogen-bond acceptors (Lipinski definition) is 5. The lowest BCUT2D eigenvalue weighted by molar-refractivity contribution is -0.120. The Balaban J connectivity index is 1.97. The molecule has 0 fully saturated rings. The van der Waals surface area contributed by atoms with E-state index in [2.05, 4.69) is 15.5 Å². The number of aromatic nitrogens is 2. The van der Waals surface area contributed by atoms with Gasteiger partial charge in [0.05, 0.1) is 6.61 Å². The van der Waals surface area contributed by atoms with E-state index < -0.39 is 5.91 Å². The Labute approximate surface area is 144 Å². The van der Waals surface area contributed by atoms with Gasteiger partial charge in [0.15, 0.2) is 23.9 Å². The first-order valence-corrected chi connectivity index (χ1v) is 8.02. The van der Waals surface area contributed by atoms with Gasteiger partial charge < -0.3 is 20.5 Å². The zero-order valence-electron chi connectivity index (χ0n) is 14.1. The van der Waals surface area contributed by atoms with E-state index in [1.165, 1.54) is 0 Å². The van der Waals surface area contributed by atoms with Gasteiger partial charge in [-0.2, -0.15) is 5.10 Å². The molecule has 25 heavy (non-hydrogen) atoms. The summed E-state index contributed by atoms with van der Waals surface area (Å²) in [5, 5.41) is 9.83. The highest BCUT2D eigenvalue weighted by atomic mass is 16.5. The van der Waals surface area contributed by atoms with E-state index in [-0.39, 0.29) is 18.4 Å². The van der Waals surface area contributed by atoms with Gasteiger partial charge in [0.1, 0.15) is 0 Å². The minimum Gasteiger partial charge on any atom is -0.490 e. The standard InChI is InChI=1S/C17H20N4O4/c1-3-24-13-6-10(4-5-12(13)25-8-14(18)22)11-7-15(23)19-17-16(11)9(2)20-21-17/h4-6,11H,3,7-8H2,1-2H3,(H2,18,22)(H2,19,20,21,23)/t11-/m0/s1. The van der Waals surface area contributed by atoms with Gasteiger partial charge in [-0.05, 0) is 31.5 Å². The third-order valence-electron chi connectivity index (χ3n) is 4.03. The fourth-order valence-electron chi connectivity index (χ4n) is 2.99. The van der Waals surface area contributed by atoms with Crippen LogP contribution in [0.1, 0.15) is 36.1 Å². The molecule has 1 aromatic carbocycles. The predicted octanol–water partition coefficient (Wildman–Crippen LogP) is 1.46. The van der Waals surface area contributed by atoms with Crippen molar-refractivity contribution >= 4 is 17.6 Å². The normalized spacial score (nSPS) is 16.1. The number of amides is 2. The number of nitrogens with one attached hydrogen (secondary N) is 2. The molecule has 0 radical (unpaired) electrons. The zero-order valence-corrected chi connectivity index (χ0v) is 14.1. The van der Waals surface area contributed by atoms with E-state index in [0.29, 0.717) is 30.3 Å². The summed E-state index contributed by atoms with van der Waals surface area (Å²) < 4.78 is 11.0. The highest BCUT2D eigenvalue weighted by molar-refractivity contribution is 5.94. The monoisotopic (exact) mass is 344 g/mol. The van der Waals surface area contributed by atoms with Crippen molar-refractivity contribution < 1.29 is 19.1 Å². The van der Waals surface area contributed by atoms with Crippen LogP contribution < -0.4 is 20.5 Å². The Morgan fingerprint density at radius 1 is 1.36 bits per heavy atom. The maximum Gasteiger partial charge on any atom is 0.255 e. The van der Waals surface area contributed by atoms with Crippen LogP contribution in [0.3, 0.4) is 0 Å². The molecule has 8 nitrogen and oxygen atoms in total. The molecule has 2 amide bonds. The van der Waals surface area contributed by atoms with Crippen molar-refractivity contribution in [3.05, 3.63) is 35.0 Å². The first kappa shape index (κ1) is 16.8. The van der Waals surface area contributed by atoms with Crippen molar-refractivity contribution in [2.75, 3.05) is 18.5 Å². The Morgan fingerprint density at radius 2 is 2.16 bits per heavy atom. The van der Waals surface area contributed by atoms with Crippen LogP contribution in [0.4, 0.5) is 5.82 Å². The largest absolute Gasteiger partial charge is 0.490 e. The summed E-state index contributed by atoms with van der Waals surface area (Å²) in [6, 6.07) is 5.42. The molecule has 0 bridgehead atoms. The number of H-pyrrole nitrogens is 1. The lowest BCUT2D eigenvalue weighted by Gasteiger charge is -2.24. The molecule has 132 valence electrons. The summed E-state index contributed by atoms with van der Waals surface area (Å²) >= 11 is 0. The van der Waals surface area contributed by atoms with E-state index in [1.807, 2.05) is 26.0 Å². The topological polar surface area (TPSA) is 119 Å². The molecule has 1 atom stereocenters. The fourth-order valence-corrected chi connectivity index (χ4v) is 2.99. The molecule has 1 aliphatic heterocycles. The molecule has 1 aliphatic rings. The minimum atomic E-state index is -0.561. The summed E-state index contributed by atoms with van der Waals surface area (Å²) in [4.78, 5) is 22.9. The summed E-state index contributed by atoms with van der Waals surface area (Å²) in [7, 11) is 0. The number of nitrogens with zero attached hydrogens (tertiary/aromatic N) is 1.